The minimum Gasteiger partial charge on any atom is -0.338 e. The van der Waals surface area contributed by atoms with Gasteiger partial charge in [0.15, 0.2) is 0 Å². The molecule has 0 aliphatic carbocycles. The predicted molar refractivity (Wildman–Crippen MR) is 44.4 cm³/mol. The Hall–Kier alpha value is -1.24. The summed E-state index contributed by atoms with van der Waals surface area (Å²) in [5.74, 6) is 0. The average Bonchev–Trinajstić information content (AvgIpc) is 2.51. The van der Waals surface area contributed by atoms with Gasteiger partial charge in [0.2, 0.25) is 0 Å². The van der Waals surface area contributed by atoms with Gasteiger partial charge in [-0.3, -0.25) is 0 Å². The Morgan fingerprint density at radius 2 is 2.58 bits per heavy atom. The molecule has 1 atom stereocenters. The maximum Gasteiger partial charge on any atom is 0.318 e. The van der Waals surface area contributed by atoms with Crippen LogP contribution in [-0.4, -0.2) is 30.1 Å². The Morgan fingerprint density at radius 3 is 3.17 bits per heavy atom. The van der Waals surface area contributed by atoms with Crippen LogP contribution in [0.1, 0.15) is 19.8 Å². The molecule has 0 aromatic carbocycles. The molecule has 0 spiro atoms. The molecular formula is C8H13N3O. The highest BCUT2D eigenvalue weighted by Crippen LogP contribution is 2.15. The zero-order valence-electron chi connectivity index (χ0n) is 7.21. The van der Waals surface area contributed by atoms with Crippen LogP contribution in [-0.2, 0) is 0 Å². The Morgan fingerprint density at radius 1 is 1.83 bits per heavy atom. The third-order valence-electron chi connectivity index (χ3n) is 1.99. The van der Waals surface area contributed by atoms with Gasteiger partial charge < -0.3 is 10.2 Å². The fourth-order valence-electron chi connectivity index (χ4n) is 1.40. The number of urea groups is 1. The third kappa shape index (κ3) is 1.67. The molecule has 2 amide bonds. The topological polar surface area (TPSA) is 56.1 Å². The van der Waals surface area contributed by atoms with Crippen molar-refractivity contribution in [3.05, 3.63) is 0 Å². The number of hydrogen-bond acceptors (Lipinski definition) is 2. The standard InChI is InChI=1S/C8H13N3O/c1-2-10-8(12)11-5-3-4-7(11)6-9/h7H,2-5H2,1H3,(H,10,12). The number of likely N-dealkylation sites (tertiary alicyclic amines) is 1. The first-order valence-corrected chi connectivity index (χ1v) is 4.23. The van der Waals surface area contributed by atoms with E-state index >= 15 is 0 Å². The van der Waals surface area contributed by atoms with Gasteiger partial charge in [0.05, 0.1) is 6.07 Å². The maximum absolute atomic E-state index is 11.3. The summed E-state index contributed by atoms with van der Waals surface area (Å²) in [6, 6.07) is 1.80. The van der Waals surface area contributed by atoms with E-state index in [-0.39, 0.29) is 12.1 Å². The molecule has 0 saturated carbocycles. The first kappa shape index (κ1) is 8.85. The molecule has 66 valence electrons. The molecule has 4 nitrogen and oxygen atoms in total. The highest BCUT2D eigenvalue weighted by molar-refractivity contribution is 5.75. The van der Waals surface area contributed by atoms with Crippen molar-refractivity contribution in [3.8, 4) is 6.07 Å². The van der Waals surface area contributed by atoms with Crippen molar-refractivity contribution in [2.75, 3.05) is 13.1 Å². The van der Waals surface area contributed by atoms with Crippen LogP contribution in [0.4, 0.5) is 4.79 Å². The minimum absolute atomic E-state index is 0.110. The second-order valence-corrected chi connectivity index (χ2v) is 2.82. The van der Waals surface area contributed by atoms with E-state index in [1.165, 1.54) is 0 Å². The number of hydrogen-bond donors (Lipinski definition) is 1. The molecule has 0 bridgehead atoms. The van der Waals surface area contributed by atoms with E-state index in [4.69, 9.17) is 5.26 Å². The number of carbonyl (C=O) groups is 1. The van der Waals surface area contributed by atoms with Gasteiger partial charge in [0.25, 0.3) is 0 Å². The van der Waals surface area contributed by atoms with E-state index < -0.39 is 0 Å². The molecule has 1 heterocycles. The lowest BCUT2D eigenvalue weighted by molar-refractivity contribution is 0.202. The van der Waals surface area contributed by atoms with Crippen molar-refractivity contribution in [1.29, 1.82) is 5.26 Å². The first-order chi connectivity index (χ1) is 5.79. The molecule has 1 N–H and O–H groups in total. The molecule has 1 rings (SSSR count). The monoisotopic (exact) mass is 167 g/mol. The van der Waals surface area contributed by atoms with E-state index in [0.717, 1.165) is 12.8 Å². The van der Waals surface area contributed by atoms with Crippen molar-refractivity contribution in [3.63, 3.8) is 0 Å². The Balaban J connectivity index is 2.51. The molecule has 1 saturated heterocycles. The Kier molecular flexibility index (Phi) is 2.92. The second-order valence-electron chi connectivity index (χ2n) is 2.82. The predicted octanol–water partition coefficient (Wildman–Crippen LogP) is 0.704. The van der Waals surface area contributed by atoms with Gasteiger partial charge in [0, 0.05) is 13.1 Å². The Labute approximate surface area is 72.2 Å². The van der Waals surface area contributed by atoms with E-state index in [1.54, 1.807) is 4.90 Å². The molecule has 4 heteroatoms. The fourth-order valence-corrected chi connectivity index (χ4v) is 1.40. The van der Waals surface area contributed by atoms with Gasteiger partial charge in [-0.15, -0.1) is 0 Å². The summed E-state index contributed by atoms with van der Waals surface area (Å²) in [6.45, 7) is 3.20. The molecule has 0 aromatic heterocycles. The van der Waals surface area contributed by atoms with Crippen molar-refractivity contribution in [1.82, 2.24) is 10.2 Å². The molecule has 1 fully saturated rings. The van der Waals surface area contributed by atoms with Crippen LogP contribution < -0.4 is 5.32 Å². The summed E-state index contributed by atoms with van der Waals surface area (Å²) in [6.07, 6.45) is 1.75. The zero-order valence-corrected chi connectivity index (χ0v) is 7.21. The number of carbonyl (C=O) groups excluding carboxylic acids is 1. The van der Waals surface area contributed by atoms with Gasteiger partial charge in [-0.2, -0.15) is 5.26 Å². The van der Waals surface area contributed by atoms with Crippen LogP contribution in [0.25, 0.3) is 0 Å². The lowest BCUT2D eigenvalue weighted by Gasteiger charge is -2.19. The van der Waals surface area contributed by atoms with Crippen LogP contribution in [0.5, 0.6) is 0 Å². The molecule has 0 aromatic rings. The molecular weight excluding hydrogens is 154 g/mol. The van der Waals surface area contributed by atoms with Crippen molar-refractivity contribution in [2.45, 2.75) is 25.8 Å². The first-order valence-electron chi connectivity index (χ1n) is 4.23. The van der Waals surface area contributed by atoms with E-state index in [0.29, 0.717) is 13.1 Å². The average molecular weight is 167 g/mol. The van der Waals surface area contributed by atoms with Gasteiger partial charge in [-0.05, 0) is 19.8 Å². The number of amides is 2. The summed E-state index contributed by atoms with van der Waals surface area (Å²) in [5, 5.41) is 11.4. The quantitative estimate of drug-likeness (QED) is 0.625. The number of nitriles is 1. The zero-order chi connectivity index (χ0) is 8.97. The second kappa shape index (κ2) is 3.96. The number of nitrogens with one attached hydrogen (secondary N) is 1. The van der Waals surface area contributed by atoms with Crippen LogP contribution in [0.15, 0.2) is 0 Å². The fraction of sp³-hybridized carbons (Fsp3) is 0.750. The number of nitrogens with zero attached hydrogens (tertiary/aromatic N) is 2. The molecule has 1 aliphatic heterocycles. The van der Waals surface area contributed by atoms with Crippen LogP contribution in [0, 0.1) is 11.3 Å². The smallest absolute Gasteiger partial charge is 0.318 e. The van der Waals surface area contributed by atoms with E-state index in [2.05, 4.69) is 11.4 Å². The minimum atomic E-state index is -0.212. The van der Waals surface area contributed by atoms with E-state index in [9.17, 15) is 4.79 Å². The van der Waals surface area contributed by atoms with Crippen molar-refractivity contribution >= 4 is 6.03 Å². The normalized spacial score (nSPS) is 22.0. The summed E-state index contributed by atoms with van der Waals surface area (Å²) >= 11 is 0. The van der Waals surface area contributed by atoms with Crippen LogP contribution in [0.3, 0.4) is 0 Å². The lowest BCUT2D eigenvalue weighted by atomic mass is 10.2. The van der Waals surface area contributed by atoms with Crippen molar-refractivity contribution < 1.29 is 4.79 Å². The van der Waals surface area contributed by atoms with Gasteiger partial charge in [0.1, 0.15) is 6.04 Å². The molecule has 0 radical (unpaired) electrons. The van der Waals surface area contributed by atoms with E-state index in [1.807, 2.05) is 6.92 Å². The third-order valence-corrected chi connectivity index (χ3v) is 1.99. The lowest BCUT2D eigenvalue weighted by Crippen LogP contribution is -2.42. The van der Waals surface area contributed by atoms with Gasteiger partial charge in [-0.1, -0.05) is 0 Å². The Bertz CT molecular complexity index is 209. The number of rotatable bonds is 1. The largest absolute Gasteiger partial charge is 0.338 e. The highest BCUT2D eigenvalue weighted by Gasteiger charge is 2.27. The summed E-state index contributed by atoms with van der Waals surface area (Å²) in [7, 11) is 0. The maximum atomic E-state index is 11.3. The SMILES string of the molecule is CCNC(=O)N1CCCC1C#N. The molecule has 12 heavy (non-hydrogen) atoms. The molecule has 1 unspecified atom stereocenters. The van der Waals surface area contributed by atoms with Crippen molar-refractivity contribution in [2.24, 2.45) is 0 Å². The summed E-state index contributed by atoms with van der Waals surface area (Å²) in [4.78, 5) is 12.9. The van der Waals surface area contributed by atoms with Crippen LogP contribution in [0.2, 0.25) is 0 Å². The highest BCUT2D eigenvalue weighted by atomic mass is 16.2. The summed E-state index contributed by atoms with van der Waals surface area (Å²) < 4.78 is 0. The van der Waals surface area contributed by atoms with Gasteiger partial charge >= 0.3 is 6.03 Å². The van der Waals surface area contributed by atoms with Gasteiger partial charge in [-0.25, -0.2) is 4.79 Å². The summed E-state index contributed by atoms with van der Waals surface area (Å²) in [5.41, 5.74) is 0. The molecule has 1 aliphatic rings. The van der Waals surface area contributed by atoms with Crippen LogP contribution >= 0.6 is 0 Å².